The second-order valence-electron chi connectivity index (χ2n) is 22.2. The third-order valence-corrected chi connectivity index (χ3v) is 16.4. The summed E-state index contributed by atoms with van der Waals surface area (Å²) >= 11 is 8.50. The van der Waals surface area contributed by atoms with Crippen LogP contribution in [0.25, 0.3) is 43.2 Å². The molecule has 6 atom stereocenters. The number of halogens is 2. The number of hydrogen-bond acceptors (Lipinski definition) is 16. The molecule has 0 unspecified atom stereocenters. The van der Waals surface area contributed by atoms with Gasteiger partial charge in [-0.15, -0.1) is 11.3 Å². The largest absolute Gasteiger partial charge is 0.508 e. The summed E-state index contributed by atoms with van der Waals surface area (Å²) in [5.74, 6) is -1.59. The molecular formula is C59H70ClFN10O8S. The van der Waals surface area contributed by atoms with Gasteiger partial charge >= 0.3 is 6.01 Å². The number of nitrogens with zero attached hydrogens (tertiary/aromatic N) is 7. The number of aromatic nitrogens is 3. The predicted octanol–water partition coefficient (Wildman–Crippen LogP) is 7.71. The van der Waals surface area contributed by atoms with E-state index in [4.69, 9.17) is 30.8 Å². The molecule has 0 radical (unpaired) electrons. The number of β-amino-alcohol motifs (C(OH)–C–C–N with tert-alkyl or cyclic N) is 1. The van der Waals surface area contributed by atoms with E-state index in [1.54, 1.807) is 23.5 Å². The third-order valence-electron chi connectivity index (χ3n) is 15.1. The molecule has 0 saturated carbocycles. The molecule has 6 aromatic rings. The fraction of sp³-hybridized carbons (Fsp3) is 0.475. The number of aliphatic hydroxyl groups excluding tert-OH is 1. The van der Waals surface area contributed by atoms with E-state index in [0.717, 1.165) is 53.0 Å². The molecule has 3 fully saturated rings. The first-order chi connectivity index (χ1) is 38.3. The molecule has 2 aromatic heterocycles. The van der Waals surface area contributed by atoms with E-state index in [1.165, 1.54) is 11.0 Å². The van der Waals surface area contributed by atoms with E-state index in [2.05, 4.69) is 36.9 Å². The molecule has 5 heterocycles. The van der Waals surface area contributed by atoms with Crippen molar-refractivity contribution in [2.45, 2.75) is 110 Å². The van der Waals surface area contributed by atoms with E-state index in [-0.39, 0.29) is 91.2 Å². The van der Waals surface area contributed by atoms with Crippen molar-refractivity contribution in [3.05, 3.63) is 94.3 Å². The van der Waals surface area contributed by atoms with Crippen LogP contribution in [0.3, 0.4) is 0 Å². The van der Waals surface area contributed by atoms with E-state index in [0.29, 0.717) is 48.3 Å². The maximum absolute atomic E-state index is 17.2. The lowest BCUT2D eigenvalue weighted by molar-refractivity contribution is -0.144. The Kier molecular flexibility index (Phi) is 18.5. The summed E-state index contributed by atoms with van der Waals surface area (Å²) in [4.78, 5) is 61.8. The molecular weight excluding hydrogens is 1060 g/mol. The van der Waals surface area contributed by atoms with Crippen molar-refractivity contribution in [2.75, 3.05) is 70.5 Å². The monoisotopic (exact) mass is 1130 g/mol. The Morgan fingerprint density at radius 2 is 1.76 bits per heavy atom. The van der Waals surface area contributed by atoms with E-state index >= 15 is 4.39 Å². The SMILES string of the molecule is Cc1ncsc1-c1ccc([C@H](C)NC(=O)[C@@H]2C[C@@H](O)CN2C(=O)[C@@H](NC(=O)COCCOC2CCN(C[C@@H](C)Oc3nc(N4CCN[C@@H](CC#N)C4)c4cc(Cl)c(-c5cc(O)cc6ccccc56)c(F)c4n3)CC2)C(C)(C)C)cc1. The third kappa shape index (κ3) is 13.6. The molecule has 3 amide bonds. The normalized spacial score (nSPS) is 19.4. The smallest absolute Gasteiger partial charge is 0.319 e. The van der Waals surface area contributed by atoms with Crippen LogP contribution in [0.1, 0.15) is 77.6 Å². The maximum Gasteiger partial charge on any atom is 0.319 e. The summed E-state index contributed by atoms with van der Waals surface area (Å²) in [6.07, 6.45) is 0.520. The summed E-state index contributed by atoms with van der Waals surface area (Å²) in [6, 6.07) is 19.9. The van der Waals surface area contributed by atoms with Crippen molar-refractivity contribution in [3.63, 3.8) is 0 Å². The molecule has 21 heteroatoms. The number of piperidine rings is 1. The van der Waals surface area contributed by atoms with Crippen molar-refractivity contribution in [1.29, 1.82) is 5.26 Å². The van der Waals surface area contributed by atoms with Gasteiger partial charge in [-0.2, -0.15) is 15.2 Å². The number of piperazine rings is 1. The zero-order valence-electron chi connectivity index (χ0n) is 46.0. The number of thiazole rings is 1. The Hall–Kier alpha value is -6.57. The Bertz CT molecular complexity index is 3240. The van der Waals surface area contributed by atoms with Crippen molar-refractivity contribution in [3.8, 4) is 39.4 Å². The van der Waals surface area contributed by atoms with Gasteiger partial charge in [-0.3, -0.25) is 19.3 Å². The van der Waals surface area contributed by atoms with Crippen molar-refractivity contribution in [1.82, 2.24) is 40.7 Å². The molecule has 5 N–H and O–H groups in total. The van der Waals surface area contributed by atoms with Crippen molar-refractivity contribution >= 4 is 68.2 Å². The van der Waals surface area contributed by atoms with Crippen molar-refractivity contribution in [2.24, 2.45) is 5.41 Å². The number of fused-ring (bicyclic) bond motifs is 2. The minimum atomic E-state index is -0.998. The van der Waals surface area contributed by atoms with Gasteiger partial charge in [0.15, 0.2) is 5.82 Å². The molecule has 0 bridgehead atoms. The number of likely N-dealkylation sites (tertiary alicyclic amines) is 2. The number of anilines is 1. The van der Waals surface area contributed by atoms with Gasteiger partial charge in [-0.1, -0.05) is 80.9 Å². The number of carbonyl (C=O) groups excluding carboxylic acids is 3. The van der Waals surface area contributed by atoms with Crippen LogP contribution < -0.4 is 25.6 Å². The number of aryl methyl sites for hydroxylation is 1. The number of aliphatic hydroxyl groups is 1. The van der Waals surface area contributed by atoms with Crippen LogP contribution in [0.4, 0.5) is 10.2 Å². The standard InChI is InChI=1S/C59H70ClFN10O8S/c1-34(79-58-67-52-46(55(68-58)70-22-19-63-40(30-70)15-18-62)28-47(60)50(51(52)61)45-26-41(72)25-39-9-7-8-10-44(39)45)29-69-20-16-43(17-21-69)78-24-23-77-32-49(74)66-54(59(4,5)6)57(76)71-31-42(73)27-48(71)56(75)65-35(2)37-11-13-38(14-12-37)53-36(3)64-33-80-53/h7-14,25-26,28,33-35,40,42-43,48,54,63,72-73H,15-17,19-24,27,29-32H2,1-6H3,(H,65,75)(H,66,74)/t34-,35+,40+,42-,48+,54-/m1/s1. The predicted molar refractivity (Wildman–Crippen MR) is 306 cm³/mol. The average molecular weight is 1130 g/mol. The summed E-state index contributed by atoms with van der Waals surface area (Å²) < 4.78 is 35.4. The average Bonchev–Trinajstić information content (AvgIpc) is 4.08. The number of hydrogen-bond donors (Lipinski definition) is 5. The molecule has 3 aliphatic heterocycles. The van der Waals surface area contributed by atoms with Crippen LogP contribution in [0, 0.1) is 29.5 Å². The Labute approximate surface area is 474 Å². The highest BCUT2D eigenvalue weighted by Crippen LogP contribution is 2.43. The fourth-order valence-corrected chi connectivity index (χ4v) is 12.1. The fourth-order valence-electron chi connectivity index (χ4n) is 11.0. The number of nitrogens with one attached hydrogen (secondary N) is 3. The van der Waals surface area contributed by atoms with Crippen LogP contribution >= 0.6 is 22.9 Å². The molecule has 80 heavy (non-hydrogen) atoms. The topological polar surface area (TPSA) is 228 Å². The number of carbonyl (C=O) groups is 3. The number of ether oxygens (including phenoxy) is 3. The first-order valence-corrected chi connectivity index (χ1v) is 28.5. The number of rotatable bonds is 19. The molecule has 3 saturated heterocycles. The van der Waals surface area contributed by atoms with Crippen LogP contribution in [0.15, 0.2) is 72.2 Å². The summed E-state index contributed by atoms with van der Waals surface area (Å²) in [5, 5.41) is 42.1. The lowest BCUT2D eigenvalue weighted by Crippen LogP contribution is -2.58. The van der Waals surface area contributed by atoms with Crippen molar-refractivity contribution < 1.29 is 43.2 Å². The van der Waals surface area contributed by atoms with Crippen LogP contribution in [0.5, 0.6) is 11.8 Å². The van der Waals surface area contributed by atoms with Crippen LogP contribution in [-0.4, -0.2) is 155 Å². The lowest BCUT2D eigenvalue weighted by Gasteiger charge is -2.35. The molecule has 4 aromatic carbocycles. The Morgan fingerprint density at radius 1 is 1.00 bits per heavy atom. The van der Waals surface area contributed by atoms with Gasteiger partial charge in [0.25, 0.3) is 0 Å². The summed E-state index contributed by atoms with van der Waals surface area (Å²) in [6.45, 7) is 14.9. The minimum Gasteiger partial charge on any atom is -0.508 e. The van der Waals surface area contributed by atoms with E-state index < -0.39 is 47.3 Å². The maximum atomic E-state index is 17.2. The highest BCUT2D eigenvalue weighted by atomic mass is 35.5. The minimum absolute atomic E-state index is 0.00224. The number of nitriles is 1. The number of aromatic hydroxyl groups is 1. The van der Waals surface area contributed by atoms with E-state index in [9.17, 15) is 29.9 Å². The van der Waals surface area contributed by atoms with Gasteiger partial charge in [-0.25, -0.2) is 9.37 Å². The highest BCUT2D eigenvalue weighted by molar-refractivity contribution is 7.13. The van der Waals surface area contributed by atoms with Crippen LogP contribution in [-0.2, 0) is 23.9 Å². The summed E-state index contributed by atoms with van der Waals surface area (Å²) in [7, 11) is 0. The molecule has 0 spiro atoms. The number of phenols is 1. The quantitative estimate of drug-likeness (QED) is 0.0490. The molecule has 0 aliphatic carbocycles. The van der Waals surface area contributed by atoms with Gasteiger partial charge < -0.3 is 50.2 Å². The van der Waals surface area contributed by atoms with E-state index in [1.807, 2.05) is 100 Å². The second kappa shape index (κ2) is 25.5. The highest BCUT2D eigenvalue weighted by Gasteiger charge is 2.45. The number of amides is 3. The molecule has 18 nitrogen and oxygen atoms in total. The Morgan fingerprint density at radius 3 is 2.49 bits per heavy atom. The lowest BCUT2D eigenvalue weighted by atomic mass is 9.85. The van der Waals surface area contributed by atoms with Gasteiger partial charge in [0.1, 0.15) is 41.9 Å². The number of phenolic OH excluding ortho intramolecular Hbond substituents is 1. The summed E-state index contributed by atoms with van der Waals surface area (Å²) in [5.41, 5.74) is 4.50. The molecule has 9 rings (SSSR count). The first kappa shape index (κ1) is 58.1. The van der Waals surface area contributed by atoms with Gasteiger partial charge in [0.05, 0.1) is 65.1 Å². The van der Waals surface area contributed by atoms with Gasteiger partial charge in [-0.05, 0) is 84.7 Å². The van der Waals surface area contributed by atoms with Crippen LogP contribution in [0.2, 0.25) is 5.02 Å². The van der Waals surface area contributed by atoms with Gasteiger partial charge in [0.2, 0.25) is 17.7 Å². The van der Waals surface area contributed by atoms with Gasteiger partial charge in [0, 0.05) is 69.2 Å². The number of benzene rings is 4. The molecule has 424 valence electrons. The second-order valence-corrected chi connectivity index (χ2v) is 23.4. The zero-order chi connectivity index (χ0) is 56.8. The first-order valence-electron chi connectivity index (χ1n) is 27.3. The molecule has 3 aliphatic rings. The zero-order valence-corrected chi connectivity index (χ0v) is 47.6. The Balaban J connectivity index is 0.752.